The highest BCUT2D eigenvalue weighted by Crippen LogP contribution is 2.27. The smallest absolute Gasteiger partial charge is 0.128 e. The Morgan fingerprint density at radius 3 is 2.86 bits per heavy atom. The van der Waals surface area contributed by atoms with Crippen LogP contribution in [-0.2, 0) is 0 Å². The lowest BCUT2D eigenvalue weighted by Gasteiger charge is -2.04. The third kappa shape index (κ3) is 1.49. The lowest BCUT2D eigenvalue weighted by molar-refractivity contribution is 1.24. The number of alkyl halides is 1. The van der Waals surface area contributed by atoms with Crippen molar-refractivity contribution in [2.75, 3.05) is 0 Å². The first-order chi connectivity index (χ1) is 6.83. The molecule has 1 unspecified atom stereocenters. The predicted molar refractivity (Wildman–Crippen MR) is 59.0 cm³/mol. The predicted octanol–water partition coefficient (Wildman–Crippen LogP) is 3.19. The van der Waals surface area contributed by atoms with E-state index in [4.69, 9.17) is 5.26 Å². The van der Waals surface area contributed by atoms with Crippen molar-refractivity contribution in [3.63, 3.8) is 0 Å². The monoisotopic (exact) mass is 246 g/mol. The van der Waals surface area contributed by atoms with Crippen LogP contribution in [0.2, 0.25) is 0 Å². The summed E-state index contributed by atoms with van der Waals surface area (Å²) in [6.45, 7) is 0. The van der Waals surface area contributed by atoms with Gasteiger partial charge in [-0.3, -0.25) is 4.98 Å². The van der Waals surface area contributed by atoms with Gasteiger partial charge in [0.05, 0.1) is 11.6 Å². The standard InChI is InChI=1S/C11H7BrN2/c12-10(7-13)9-5-1-3-8-4-2-6-14-11(8)9/h1-6,10H. The molecular formula is C11H7BrN2. The highest BCUT2D eigenvalue weighted by Gasteiger charge is 2.09. The average molecular weight is 247 g/mol. The first-order valence-corrected chi connectivity index (χ1v) is 5.12. The minimum Gasteiger partial charge on any atom is -0.256 e. The van der Waals surface area contributed by atoms with Crippen LogP contribution in [0.5, 0.6) is 0 Å². The largest absolute Gasteiger partial charge is 0.256 e. The van der Waals surface area contributed by atoms with Gasteiger partial charge in [0.2, 0.25) is 0 Å². The lowest BCUT2D eigenvalue weighted by atomic mass is 10.1. The molecule has 2 rings (SSSR count). The third-order valence-corrected chi connectivity index (χ3v) is 2.75. The van der Waals surface area contributed by atoms with Crippen LogP contribution in [-0.4, -0.2) is 4.98 Å². The summed E-state index contributed by atoms with van der Waals surface area (Å²) in [7, 11) is 0. The Bertz CT molecular complexity index is 497. The number of halogens is 1. The number of benzene rings is 1. The van der Waals surface area contributed by atoms with Crippen LogP contribution in [0.3, 0.4) is 0 Å². The van der Waals surface area contributed by atoms with Gasteiger partial charge in [0.15, 0.2) is 0 Å². The van der Waals surface area contributed by atoms with Crippen molar-refractivity contribution in [2.24, 2.45) is 0 Å². The van der Waals surface area contributed by atoms with Gasteiger partial charge >= 0.3 is 0 Å². The van der Waals surface area contributed by atoms with E-state index in [0.29, 0.717) is 0 Å². The van der Waals surface area contributed by atoms with Crippen molar-refractivity contribution in [2.45, 2.75) is 4.83 Å². The van der Waals surface area contributed by atoms with E-state index in [1.54, 1.807) is 6.20 Å². The van der Waals surface area contributed by atoms with Gasteiger partial charge in [-0.1, -0.05) is 40.2 Å². The first-order valence-electron chi connectivity index (χ1n) is 4.20. The fraction of sp³-hybridized carbons (Fsp3) is 0.0909. The highest BCUT2D eigenvalue weighted by molar-refractivity contribution is 9.09. The highest BCUT2D eigenvalue weighted by atomic mass is 79.9. The number of pyridine rings is 1. The summed E-state index contributed by atoms with van der Waals surface area (Å²) in [4.78, 5) is 3.98. The lowest BCUT2D eigenvalue weighted by Crippen LogP contribution is -1.89. The fourth-order valence-electron chi connectivity index (χ4n) is 1.40. The zero-order valence-corrected chi connectivity index (χ0v) is 8.90. The number of fused-ring (bicyclic) bond motifs is 1. The molecule has 0 spiro atoms. The Morgan fingerprint density at radius 2 is 2.07 bits per heavy atom. The van der Waals surface area contributed by atoms with Gasteiger partial charge in [-0.15, -0.1) is 0 Å². The van der Waals surface area contributed by atoms with E-state index in [9.17, 15) is 0 Å². The van der Waals surface area contributed by atoms with Crippen LogP contribution in [0.15, 0.2) is 36.5 Å². The number of hydrogen-bond acceptors (Lipinski definition) is 2. The molecule has 1 heterocycles. The van der Waals surface area contributed by atoms with E-state index in [2.05, 4.69) is 27.0 Å². The number of para-hydroxylation sites is 1. The second-order valence-corrected chi connectivity index (χ2v) is 3.83. The molecule has 0 saturated carbocycles. The van der Waals surface area contributed by atoms with E-state index in [0.717, 1.165) is 16.5 Å². The van der Waals surface area contributed by atoms with Crippen LogP contribution in [0.1, 0.15) is 10.4 Å². The van der Waals surface area contributed by atoms with E-state index in [1.807, 2.05) is 30.3 Å². The molecule has 0 aliphatic carbocycles. The zero-order valence-electron chi connectivity index (χ0n) is 7.31. The summed E-state index contributed by atoms with van der Waals surface area (Å²) >= 11 is 3.30. The molecule has 1 aromatic heterocycles. The van der Waals surface area contributed by atoms with Gasteiger partial charge in [0, 0.05) is 17.1 Å². The molecule has 3 heteroatoms. The molecule has 0 radical (unpaired) electrons. The fourth-order valence-corrected chi connectivity index (χ4v) is 1.77. The summed E-state index contributed by atoms with van der Waals surface area (Å²) in [5.41, 5.74) is 1.81. The van der Waals surface area contributed by atoms with E-state index in [1.165, 1.54) is 0 Å². The van der Waals surface area contributed by atoms with Crippen LogP contribution in [0.4, 0.5) is 0 Å². The summed E-state index contributed by atoms with van der Waals surface area (Å²) < 4.78 is 0. The molecule has 68 valence electrons. The van der Waals surface area contributed by atoms with Crippen molar-refractivity contribution in [1.29, 1.82) is 5.26 Å². The summed E-state index contributed by atoms with van der Waals surface area (Å²) in [5, 5.41) is 9.88. The van der Waals surface area contributed by atoms with E-state index >= 15 is 0 Å². The van der Waals surface area contributed by atoms with Crippen LogP contribution < -0.4 is 0 Å². The molecule has 0 saturated heterocycles. The van der Waals surface area contributed by atoms with Gasteiger partial charge in [0.25, 0.3) is 0 Å². The molecule has 2 aromatic rings. The molecule has 0 fully saturated rings. The first kappa shape index (κ1) is 9.17. The summed E-state index contributed by atoms with van der Waals surface area (Å²) in [5.74, 6) is 0. The SMILES string of the molecule is N#CC(Br)c1cccc2cccnc12. The average Bonchev–Trinajstić information content (AvgIpc) is 2.27. The van der Waals surface area contributed by atoms with Gasteiger partial charge in [-0.05, 0) is 6.07 Å². The third-order valence-electron chi connectivity index (χ3n) is 2.05. The quantitative estimate of drug-likeness (QED) is 0.725. The molecular weight excluding hydrogens is 240 g/mol. The Kier molecular flexibility index (Phi) is 2.47. The number of nitriles is 1. The normalized spacial score (nSPS) is 12.3. The van der Waals surface area contributed by atoms with Crippen molar-refractivity contribution in [3.8, 4) is 6.07 Å². The number of nitrogens with zero attached hydrogens (tertiary/aromatic N) is 2. The van der Waals surface area contributed by atoms with Crippen molar-refractivity contribution in [3.05, 3.63) is 42.1 Å². The van der Waals surface area contributed by atoms with Crippen molar-refractivity contribution >= 4 is 26.8 Å². The molecule has 0 N–H and O–H groups in total. The maximum Gasteiger partial charge on any atom is 0.128 e. The van der Waals surface area contributed by atoms with E-state index in [-0.39, 0.29) is 4.83 Å². The zero-order chi connectivity index (χ0) is 9.97. The number of rotatable bonds is 1. The van der Waals surface area contributed by atoms with Gasteiger partial charge < -0.3 is 0 Å². The number of hydrogen-bond donors (Lipinski definition) is 0. The molecule has 0 amide bonds. The van der Waals surface area contributed by atoms with Crippen LogP contribution >= 0.6 is 15.9 Å². The maximum absolute atomic E-state index is 8.82. The minimum absolute atomic E-state index is 0.291. The van der Waals surface area contributed by atoms with Gasteiger partial charge in [-0.25, -0.2) is 0 Å². The van der Waals surface area contributed by atoms with E-state index < -0.39 is 0 Å². The van der Waals surface area contributed by atoms with Gasteiger partial charge in [-0.2, -0.15) is 5.26 Å². The molecule has 1 aromatic carbocycles. The molecule has 1 atom stereocenters. The second-order valence-electron chi connectivity index (χ2n) is 2.91. The molecule has 14 heavy (non-hydrogen) atoms. The van der Waals surface area contributed by atoms with Crippen molar-refractivity contribution in [1.82, 2.24) is 4.98 Å². The maximum atomic E-state index is 8.82. The van der Waals surface area contributed by atoms with Gasteiger partial charge in [0.1, 0.15) is 4.83 Å². The Labute approximate surface area is 90.3 Å². The molecule has 0 aliphatic heterocycles. The Hall–Kier alpha value is -1.40. The topological polar surface area (TPSA) is 36.7 Å². The Balaban J connectivity index is 2.72. The van der Waals surface area contributed by atoms with Crippen LogP contribution in [0, 0.1) is 11.3 Å². The van der Waals surface area contributed by atoms with Crippen molar-refractivity contribution < 1.29 is 0 Å². The second kappa shape index (κ2) is 3.77. The molecule has 0 aliphatic rings. The summed E-state index contributed by atoms with van der Waals surface area (Å²) in [6.07, 6.45) is 1.74. The van der Waals surface area contributed by atoms with Crippen LogP contribution in [0.25, 0.3) is 10.9 Å². The minimum atomic E-state index is -0.291. The number of aromatic nitrogens is 1. The molecule has 2 nitrogen and oxygen atoms in total. The molecule has 0 bridgehead atoms. The Morgan fingerprint density at radius 1 is 1.29 bits per heavy atom. The summed E-state index contributed by atoms with van der Waals surface area (Å²) in [6, 6.07) is 11.9.